The molecule has 1 amide bonds. The van der Waals surface area contributed by atoms with Gasteiger partial charge in [0.05, 0.1) is 5.52 Å². The first-order valence-corrected chi connectivity index (χ1v) is 8.88. The number of H-pyrrole nitrogens is 1. The molecule has 2 aromatic heterocycles. The van der Waals surface area contributed by atoms with Crippen molar-refractivity contribution in [1.82, 2.24) is 29.9 Å². The second-order valence-electron chi connectivity index (χ2n) is 6.57. The SMILES string of the molecule is CCCn1cnnc1C1CCN(C(=O)c2n[nH]c3ccccc23)CC1. The van der Waals surface area contributed by atoms with E-state index in [1.54, 1.807) is 0 Å². The molecule has 1 fully saturated rings. The minimum absolute atomic E-state index is 0.00549. The van der Waals surface area contributed by atoms with E-state index in [1.807, 2.05) is 35.5 Å². The number of likely N-dealkylation sites (tertiary alicyclic amines) is 1. The number of nitrogens with zero attached hydrogens (tertiary/aromatic N) is 5. The number of aromatic nitrogens is 5. The lowest BCUT2D eigenvalue weighted by molar-refractivity contribution is 0.0706. The Labute approximate surface area is 146 Å². The van der Waals surface area contributed by atoms with Crippen molar-refractivity contribution < 1.29 is 4.79 Å². The molecular formula is C18H22N6O. The van der Waals surface area contributed by atoms with Gasteiger partial charge in [0.25, 0.3) is 5.91 Å². The van der Waals surface area contributed by atoms with Crippen LogP contribution in [0.2, 0.25) is 0 Å². The van der Waals surface area contributed by atoms with Crippen LogP contribution in [0.4, 0.5) is 0 Å². The molecule has 130 valence electrons. The zero-order valence-electron chi connectivity index (χ0n) is 14.4. The molecule has 25 heavy (non-hydrogen) atoms. The van der Waals surface area contributed by atoms with Crippen LogP contribution < -0.4 is 0 Å². The van der Waals surface area contributed by atoms with Crippen LogP contribution in [0.5, 0.6) is 0 Å². The van der Waals surface area contributed by atoms with E-state index in [0.29, 0.717) is 11.6 Å². The Balaban J connectivity index is 1.46. The van der Waals surface area contributed by atoms with E-state index >= 15 is 0 Å². The molecule has 0 saturated carbocycles. The molecule has 0 bridgehead atoms. The quantitative estimate of drug-likeness (QED) is 0.793. The van der Waals surface area contributed by atoms with E-state index in [0.717, 1.165) is 55.6 Å². The van der Waals surface area contributed by atoms with Crippen molar-refractivity contribution in [1.29, 1.82) is 0 Å². The van der Waals surface area contributed by atoms with Gasteiger partial charge < -0.3 is 9.47 Å². The normalized spacial score (nSPS) is 15.8. The topological polar surface area (TPSA) is 79.7 Å². The number of carbonyl (C=O) groups excluding carboxylic acids is 1. The Morgan fingerprint density at radius 2 is 2.08 bits per heavy atom. The van der Waals surface area contributed by atoms with Crippen LogP contribution in [-0.2, 0) is 6.54 Å². The van der Waals surface area contributed by atoms with Gasteiger partial charge in [0.15, 0.2) is 5.69 Å². The Morgan fingerprint density at radius 3 is 2.88 bits per heavy atom. The van der Waals surface area contributed by atoms with Crippen molar-refractivity contribution in [2.24, 2.45) is 0 Å². The molecule has 7 heteroatoms. The summed E-state index contributed by atoms with van der Waals surface area (Å²) in [5, 5.41) is 16.4. The highest BCUT2D eigenvalue weighted by Gasteiger charge is 2.28. The summed E-state index contributed by atoms with van der Waals surface area (Å²) in [7, 11) is 0. The fourth-order valence-electron chi connectivity index (χ4n) is 3.61. The zero-order valence-corrected chi connectivity index (χ0v) is 14.4. The molecule has 4 rings (SSSR count). The first-order chi connectivity index (χ1) is 12.3. The van der Waals surface area contributed by atoms with Crippen LogP contribution in [0.15, 0.2) is 30.6 Å². The molecule has 3 heterocycles. The number of rotatable bonds is 4. The van der Waals surface area contributed by atoms with Crippen LogP contribution in [0.25, 0.3) is 10.9 Å². The summed E-state index contributed by atoms with van der Waals surface area (Å²) in [6.45, 7) is 4.55. The standard InChI is InChI=1S/C18H22N6O/c1-2-9-24-12-19-22-17(24)13-7-10-23(11-8-13)18(25)16-14-5-3-4-6-15(14)20-21-16/h3-6,12-13H,2,7-11H2,1H3,(H,20,21). The van der Waals surface area contributed by atoms with Crippen LogP contribution in [0.1, 0.15) is 48.4 Å². The number of aryl methyl sites for hydroxylation is 1. The van der Waals surface area contributed by atoms with Gasteiger partial charge in [-0.3, -0.25) is 9.89 Å². The van der Waals surface area contributed by atoms with Gasteiger partial charge in [0, 0.05) is 30.9 Å². The third-order valence-corrected chi connectivity index (χ3v) is 4.93. The molecule has 3 aromatic rings. The maximum atomic E-state index is 12.8. The number of para-hydroxylation sites is 1. The lowest BCUT2D eigenvalue weighted by Crippen LogP contribution is -2.38. The molecule has 0 atom stereocenters. The Kier molecular flexibility index (Phi) is 4.21. The number of benzene rings is 1. The van der Waals surface area contributed by atoms with Crippen molar-refractivity contribution in [3.05, 3.63) is 42.1 Å². The van der Waals surface area contributed by atoms with Gasteiger partial charge in [-0.25, -0.2) is 0 Å². The highest BCUT2D eigenvalue weighted by Crippen LogP contribution is 2.28. The largest absolute Gasteiger partial charge is 0.337 e. The van der Waals surface area contributed by atoms with Gasteiger partial charge >= 0.3 is 0 Å². The lowest BCUT2D eigenvalue weighted by atomic mass is 9.95. The number of carbonyl (C=O) groups is 1. The van der Waals surface area contributed by atoms with Crippen LogP contribution in [-0.4, -0.2) is 48.9 Å². The maximum absolute atomic E-state index is 12.8. The summed E-state index contributed by atoms with van der Waals surface area (Å²) < 4.78 is 2.14. The van der Waals surface area contributed by atoms with Gasteiger partial charge in [-0.15, -0.1) is 10.2 Å². The molecule has 0 spiro atoms. The summed E-state index contributed by atoms with van der Waals surface area (Å²) in [6, 6.07) is 7.74. The molecule has 1 saturated heterocycles. The monoisotopic (exact) mass is 338 g/mol. The number of amides is 1. The van der Waals surface area contributed by atoms with E-state index in [1.165, 1.54) is 0 Å². The minimum atomic E-state index is 0.00549. The fraction of sp³-hybridized carbons (Fsp3) is 0.444. The fourth-order valence-corrected chi connectivity index (χ4v) is 3.61. The van der Waals surface area contributed by atoms with Gasteiger partial charge in [0.2, 0.25) is 0 Å². The number of hydrogen-bond acceptors (Lipinski definition) is 4. The Morgan fingerprint density at radius 1 is 1.28 bits per heavy atom. The predicted octanol–water partition coefficient (Wildman–Crippen LogP) is 2.58. The second kappa shape index (κ2) is 6.66. The average Bonchev–Trinajstić information content (AvgIpc) is 3.28. The highest BCUT2D eigenvalue weighted by molar-refractivity contribution is 6.04. The van der Waals surface area contributed by atoms with Crippen LogP contribution in [0, 0.1) is 0 Å². The number of hydrogen-bond donors (Lipinski definition) is 1. The summed E-state index contributed by atoms with van der Waals surface area (Å²) in [4.78, 5) is 14.8. The minimum Gasteiger partial charge on any atom is -0.337 e. The third kappa shape index (κ3) is 2.90. The molecule has 1 N–H and O–H groups in total. The summed E-state index contributed by atoms with van der Waals surface area (Å²) >= 11 is 0. The summed E-state index contributed by atoms with van der Waals surface area (Å²) in [6.07, 6.45) is 4.70. The molecular weight excluding hydrogens is 316 g/mol. The second-order valence-corrected chi connectivity index (χ2v) is 6.57. The average molecular weight is 338 g/mol. The predicted molar refractivity (Wildman–Crippen MR) is 94.3 cm³/mol. The molecule has 0 aliphatic carbocycles. The van der Waals surface area contributed by atoms with E-state index in [2.05, 4.69) is 31.9 Å². The number of fused-ring (bicyclic) bond motifs is 1. The van der Waals surface area contributed by atoms with Gasteiger partial charge in [-0.1, -0.05) is 25.1 Å². The lowest BCUT2D eigenvalue weighted by Gasteiger charge is -2.31. The molecule has 1 aliphatic heterocycles. The number of aromatic amines is 1. The van der Waals surface area contributed by atoms with Gasteiger partial charge in [-0.2, -0.15) is 5.10 Å². The number of nitrogens with one attached hydrogen (secondary N) is 1. The van der Waals surface area contributed by atoms with Crippen molar-refractivity contribution in [3.8, 4) is 0 Å². The van der Waals surface area contributed by atoms with Crippen molar-refractivity contribution in [2.45, 2.75) is 38.6 Å². The Bertz CT molecular complexity index is 874. The highest BCUT2D eigenvalue weighted by atomic mass is 16.2. The maximum Gasteiger partial charge on any atom is 0.274 e. The van der Waals surface area contributed by atoms with Gasteiger partial charge in [-0.05, 0) is 25.3 Å². The molecule has 1 aromatic carbocycles. The van der Waals surface area contributed by atoms with Crippen LogP contribution in [0.3, 0.4) is 0 Å². The first kappa shape index (κ1) is 15.8. The molecule has 0 unspecified atom stereocenters. The van der Waals surface area contributed by atoms with Crippen molar-refractivity contribution in [2.75, 3.05) is 13.1 Å². The molecule has 7 nitrogen and oxygen atoms in total. The smallest absolute Gasteiger partial charge is 0.274 e. The summed E-state index contributed by atoms with van der Waals surface area (Å²) in [5.41, 5.74) is 1.41. The Hall–Kier alpha value is -2.70. The number of piperidine rings is 1. The van der Waals surface area contributed by atoms with E-state index in [9.17, 15) is 4.79 Å². The molecule has 1 aliphatic rings. The summed E-state index contributed by atoms with van der Waals surface area (Å²) in [5.74, 6) is 1.43. The van der Waals surface area contributed by atoms with E-state index < -0.39 is 0 Å². The van der Waals surface area contributed by atoms with Crippen molar-refractivity contribution >= 4 is 16.8 Å². The third-order valence-electron chi connectivity index (χ3n) is 4.93. The zero-order chi connectivity index (χ0) is 17.2. The van der Waals surface area contributed by atoms with Crippen molar-refractivity contribution in [3.63, 3.8) is 0 Å². The van der Waals surface area contributed by atoms with E-state index in [-0.39, 0.29) is 5.91 Å². The van der Waals surface area contributed by atoms with Gasteiger partial charge in [0.1, 0.15) is 12.2 Å². The van der Waals surface area contributed by atoms with Crippen LogP contribution >= 0.6 is 0 Å². The first-order valence-electron chi connectivity index (χ1n) is 8.88. The molecule has 0 radical (unpaired) electrons. The van der Waals surface area contributed by atoms with E-state index in [4.69, 9.17) is 0 Å².